The summed E-state index contributed by atoms with van der Waals surface area (Å²) in [6, 6.07) is 26.1. The summed E-state index contributed by atoms with van der Waals surface area (Å²) >= 11 is 0. The number of aromatic carboxylic acids is 3. The molecule has 210 valence electrons. The van der Waals surface area contributed by atoms with Gasteiger partial charge < -0.3 is 29.7 Å². The molecule has 10 heteroatoms. The van der Waals surface area contributed by atoms with Gasteiger partial charge in [0.2, 0.25) is 0 Å². The molecule has 0 atom stereocenters. The fourth-order valence-corrected chi connectivity index (χ4v) is 4.23. The van der Waals surface area contributed by atoms with Gasteiger partial charge >= 0.3 is 17.4 Å². The predicted octanol–water partition coefficient (Wildman–Crippen LogP) is 2.34. The smallest absolute Gasteiger partial charge is 0.545 e. The van der Waals surface area contributed by atoms with Crippen molar-refractivity contribution in [3.8, 4) is 0 Å². The number of carbonyl (C=O) groups excluding carboxylic acids is 3. The van der Waals surface area contributed by atoms with E-state index in [1.54, 1.807) is 18.2 Å². The summed E-state index contributed by atoms with van der Waals surface area (Å²) in [4.78, 5) is 44.9. The van der Waals surface area contributed by atoms with E-state index in [2.05, 4.69) is 15.0 Å². The van der Waals surface area contributed by atoms with Crippen LogP contribution < -0.4 is 15.3 Å². The number of aryl methyl sites for hydroxylation is 3. The van der Waals surface area contributed by atoms with Crippen molar-refractivity contribution < 1.29 is 29.7 Å². The fraction of sp³-hybridized carbons (Fsp3) is 0.0909. The molecule has 6 aromatic rings. The Bertz CT molecular complexity index is 1750. The Morgan fingerprint density at radius 3 is 0.930 bits per heavy atom. The average molecular weight is 586 g/mol. The summed E-state index contributed by atoms with van der Waals surface area (Å²) in [5.41, 5.74) is 4.31. The monoisotopic (exact) mass is 585 g/mol. The van der Waals surface area contributed by atoms with Crippen molar-refractivity contribution in [1.82, 2.24) is 15.0 Å². The second-order valence-electron chi connectivity index (χ2n) is 9.35. The number of aromatic nitrogens is 3. The normalized spacial score (nSPS) is 10.1. The third-order valence-electron chi connectivity index (χ3n) is 6.24. The quantitative estimate of drug-likeness (QED) is 0.284. The minimum Gasteiger partial charge on any atom is -0.545 e. The topological polar surface area (TPSA) is 159 Å². The first-order chi connectivity index (χ1) is 20.0. The zero-order chi connectivity index (χ0) is 30.4. The first-order valence-electron chi connectivity index (χ1n) is 12.8. The Labute approximate surface area is 257 Å². The summed E-state index contributed by atoms with van der Waals surface area (Å²) in [6.45, 7) is 5.47. The summed E-state index contributed by atoms with van der Waals surface area (Å²) in [5.74, 6) is -3.56. The van der Waals surface area contributed by atoms with Crippen LogP contribution in [0, 0.1) is 20.8 Å². The number of nitrogens with zero attached hydrogens (tertiary/aromatic N) is 3. The molecule has 9 nitrogen and oxygen atoms in total. The molecule has 0 saturated heterocycles. The van der Waals surface area contributed by atoms with E-state index in [-0.39, 0.29) is 34.1 Å². The zero-order valence-electron chi connectivity index (χ0n) is 23.5. The minimum atomic E-state index is -1.19. The molecule has 3 aromatic carbocycles. The summed E-state index contributed by atoms with van der Waals surface area (Å²) < 4.78 is 0. The first-order valence-corrected chi connectivity index (χ1v) is 12.8. The third-order valence-corrected chi connectivity index (χ3v) is 6.24. The average Bonchev–Trinajstić information content (AvgIpc) is 2.96. The van der Waals surface area contributed by atoms with E-state index in [1.807, 2.05) is 75.4 Å². The largest absolute Gasteiger partial charge is 3.00 e. The van der Waals surface area contributed by atoms with Gasteiger partial charge in [-0.25, -0.2) is 0 Å². The number of hydrogen-bond acceptors (Lipinski definition) is 9. The van der Waals surface area contributed by atoms with Crippen LogP contribution in [0.4, 0.5) is 0 Å². The number of rotatable bonds is 3. The number of carboxylic acids is 3. The number of pyridine rings is 3. The molecule has 0 aliphatic carbocycles. The van der Waals surface area contributed by atoms with Crippen molar-refractivity contribution in [1.29, 1.82) is 0 Å². The van der Waals surface area contributed by atoms with Crippen LogP contribution in [0.1, 0.15) is 48.2 Å². The molecule has 0 bridgehead atoms. The Balaban J connectivity index is 0.000000175. The molecule has 0 unspecified atom stereocenters. The number of carbonyl (C=O) groups is 3. The molecule has 0 N–H and O–H groups in total. The van der Waals surface area contributed by atoms with Gasteiger partial charge in [-0.05, 0) is 39.0 Å². The molecule has 0 fully saturated rings. The van der Waals surface area contributed by atoms with Crippen LogP contribution in [-0.2, 0) is 0 Å². The molecule has 0 amide bonds. The van der Waals surface area contributed by atoms with Gasteiger partial charge in [0.15, 0.2) is 0 Å². The van der Waals surface area contributed by atoms with Crippen LogP contribution in [-0.4, -0.2) is 50.2 Å². The van der Waals surface area contributed by atoms with Crippen molar-refractivity contribution in [2.24, 2.45) is 0 Å². The van der Waals surface area contributed by atoms with Gasteiger partial charge in [0.1, 0.15) is 0 Å². The molecule has 0 saturated carbocycles. The number of hydrogen-bond donors (Lipinski definition) is 0. The van der Waals surface area contributed by atoms with Crippen molar-refractivity contribution in [2.45, 2.75) is 20.8 Å². The number of carboxylic acid groups (broad SMARTS) is 3. The van der Waals surface area contributed by atoms with Crippen LogP contribution in [0.3, 0.4) is 0 Å². The van der Waals surface area contributed by atoms with E-state index < -0.39 is 17.9 Å². The standard InChI is InChI=1S/3C11H9NO2.Al/c3*1-7-5-6-8-3-2-4-9(11(13)14)10(8)12-7;/h3*2-6H,1H3,(H,13,14);/q;;;+3/p-3. The van der Waals surface area contributed by atoms with Gasteiger partial charge in [-0.3, -0.25) is 15.0 Å². The van der Waals surface area contributed by atoms with E-state index >= 15 is 0 Å². The molecule has 0 aliphatic rings. The van der Waals surface area contributed by atoms with Crippen LogP contribution >= 0.6 is 0 Å². The maximum Gasteiger partial charge on any atom is 3.00 e. The second kappa shape index (κ2) is 14.1. The van der Waals surface area contributed by atoms with Crippen molar-refractivity contribution in [3.05, 3.63) is 125 Å². The van der Waals surface area contributed by atoms with Crippen LogP contribution in [0.2, 0.25) is 0 Å². The van der Waals surface area contributed by atoms with E-state index in [0.717, 1.165) is 33.2 Å². The van der Waals surface area contributed by atoms with Gasteiger partial charge in [0.05, 0.1) is 34.5 Å². The third kappa shape index (κ3) is 7.77. The number of fused-ring (bicyclic) bond motifs is 3. The molecular formula is C33H24AlN3O6. The zero-order valence-corrected chi connectivity index (χ0v) is 24.7. The summed E-state index contributed by atoms with van der Waals surface area (Å²) in [5, 5.41) is 34.8. The van der Waals surface area contributed by atoms with E-state index in [9.17, 15) is 29.7 Å². The minimum absolute atomic E-state index is 0. The maximum absolute atomic E-state index is 10.8. The molecule has 0 aliphatic heterocycles. The molecule has 6 rings (SSSR count). The molecule has 0 radical (unpaired) electrons. The Morgan fingerprint density at radius 2 is 0.698 bits per heavy atom. The molecule has 3 aromatic heterocycles. The van der Waals surface area contributed by atoms with Crippen LogP contribution in [0.5, 0.6) is 0 Å². The van der Waals surface area contributed by atoms with Gasteiger partial charge in [0.25, 0.3) is 0 Å². The van der Waals surface area contributed by atoms with Gasteiger partial charge in [-0.1, -0.05) is 72.8 Å². The van der Waals surface area contributed by atoms with E-state index in [0.29, 0.717) is 16.6 Å². The first kappa shape index (κ1) is 32.3. The van der Waals surface area contributed by atoms with Gasteiger partial charge in [-0.2, -0.15) is 0 Å². The van der Waals surface area contributed by atoms with Gasteiger partial charge in [-0.15, -0.1) is 0 Å². The Morgan fingerprint density at radius 1 is 0.442 bits per heavy atom. The SMILES string of the molecule is Cc1ccc2cccc(C(=O)[O-])c2n1.Cc1ccc2cccc(C(=O)[O-])c2n1.Cc1ccc2cccc(C(=O)[O-])c2n1.[Al+3]. The fourth-order valence-electron chi connectivity index (χ4n) is 4.23. The Hall–Kier alpha value is -5.17. The number of para-hydroxylation sites is 3. The Kier molecular flexibility index (Phi) is 10.6. The molecular weight excluding hydrogens is 561 g/mol. The van der Waals surface area contributed by atoms with Gasteiger partial charge in [0, 0.05) is 49.9 Å². The second-order valence-corrected chi connectivity index (χ2v) is 9.35. The van der Waals surface area contributed by atoms with E-state index in [1.165, 1.54) is 18.2 Å². The maximum atomic E-state index is 10.8. The van der Waals surface area contributed by atoms with Crippen LogP contribution in [0.15, 0.2) is 91.0 Å². The van der Waals surface area contributed by atoms with Crippen molar-refractivity contribution >= 4 is 68.0 Å². The van der Waals surface area contributed by atoms with E-state index in [4.69, 9.17) is 0 Å². The predicted molar refractivity (Wildman–Crippen MR) is 158 cm³/mol. The molecule has 43 heavy (non-hydrogen) atoms. The molecule has 0 spiro atoms. The summed E-state index contributed by atoms with van der Waals surface area (Å²) in [7, 11) is 0. The van der Waals surface area contributed by atoms with Crippen LogP contribution in [0.25, 0.3) is 32.7 Å². The summed E-state index contributed by atoms with van der Waals surface area (Å²) in [6.07, 6.45) is 0. The number of benzene rings is 3. The van der Waals surface area contributed by atoms with Crippen molar-refractivity contribution in [2.75, 3.05) is 0 Å². The van der Waals surface area contributed by atoms with Crippen molar-refractivity contribution in [3.63, 3.8) is 0 Å². The molecule has 3 heterocycles.